The number of rotatable bonds is 14. The van der Waals surface area contributed by atoms with Crippen LogP contribution in [0.5, 0.6) is 0 Å². The summed E-state index contributed by atoms with van der Waals surface area (Å²) < 4.78 is 65.9. The Bertz CT molecular complexity index is 279. The molecule has 0 aliphatic heterocycles. The lowest BCUT2D eigenvalue weighted by atomic mass is 10.1. The quantitative estimate of drug-likeness (QED) is 0.184. The van der Waals surface area contributed by atoms with Crippen molar-refractivity contribution >= 4 is 0 Å². The van der Waals surface area contributed by atoms with Crippen molar-refractivity contribution in [3.8, 4) is 0 Å². The van der Waals surface area contributed by atoms with Gasteiger partial charge in [-0.1, -0.05) is 71.6 Å². The largest absolute Gasteiger partial charge is 0.464 e. The molecule has 0 spiro atoms. The molecule has 0 aromatic carbocycles. The second-order valence-corrected chi connectivity index (χ2v) is 6.22. The zero-order valence-corrected chi connectivity index (χ0v) is 14.5. The van der Waals surface area contributed by atoms with Gasteiger partial charge >= 0.3 is 12.3 Å². The zero-order valence-electron chi connectivity index (χ0n) is 14.5. The Labute approximate surface area is 137 Å². The van der Waals surface area contributed by atoms with E-state index in [2.05, 4.69) is 6.92 Å². The summed E-state index contributed by atoms with van der Waals surface area (Å²) in [6, 6.07) is -3.80. The molecule has 0 atom stereocenters. The van der Waals surface area contributed by atoms with Gasteiger partial charge in [0.15, 0.2) is 0 Å². The number of halogens is 5. The first-order chi connectivity index (χ1) is 10.8. The Morgan fingerprint density at radius 1 is 0.609 bits per heavy atom. The molecule has 0 saturated heterocycles. The summed E-state index contributed by atoms with van der Waals surface area (Å²) in [5, 5.41) is 0. The number of unbranched alkanes of at least 4 members (excludes halogenated alkanes) is 9. The van der Waals surface area contributed by atoms with E-state index in [9.17, 15) is 22.0 Å². The Kier molecular flexibility index (Phi) is 11.8. The maximum atomic E-state index is 13.8. The molecule has 0 aliphatic carbocycles. The number of hydrogen-bond donors (Lipinski definition) is 0. The van der Waals surface area contributed by atoms with E-state index < -0.39 is 30.2 Å². The van der Waals surface area contributed by atoms with Gasteiger partial charge in [0.05, 0.1) is 0 Å². The van der Waals surface area contributed by atoms with Crippen LogP contribution in [0.25, 0.3) is 0 Å². The van der Waals surface area contributed by atoms with Crippen LogP contribution in [0.3, 0.4) is 0 Å². The molecule has 6 heteroatoms. The highest BCUT2D eigenvalue weighted by Gasteiger charge is 2.51. The molecule has 0 unspecified atom stereocenters. The summed E-state index contributed by atoms with van der Waals surface area (Å²) in [7, 11) is 0. The topological polar surface area (TPSA) is 3.24 Å². The van der Waals surface area contributed by atoms with Crippen LogP contribution in [0.1, 0.15) is 90.9 Å². The standard InChI is InChI=1S/C17H32F5N/c1-3-5-7-8-9-10-11-12-13-14-16(18,19)23(15-6-4-2)17(20,21)22/h3-15H2,1-2H3. The monoisotopic (exact) mass is 345 g/mol. The van der Waals surface area contributed by atoms with Crippen LogP contribution >= 0.6 is 0 Å². The molecular weight excluding hydrogens is 313 g/mol. The first-order valence-corrected chi connectivity index (χ1v) is 8.98. The van der Waals surface area contributed by atoms with Gasteiger partial charge in [0.25, 0.3) is 0 Å². The molecular formula is C17H32F5N. The summed E-state index contributed by atoms with van der Waals surface area (Å²) in [5.41, 5.74) is 0. The first-order valence-electron chi connectivity index (χ1n) is 8.98. The first kappa shape index (κ1) is 22.6. The van der Waals surface area contributed by atoms with Crippen molar-refractivity contribution < 1.29 is 22.0 Å². The minimum Gasteiger partial charge on any atom is -0.188 e. The van der Waals surface area contributed by atoms with Crippen molar-refractivity contribution in [1.82, 2.24) is 4.90 Å². The second-order valence-electron chi connectivity index (χ2n) is 6.22. The van der Waals surface area contributed by atoms with Crippen molar-refractivity contribution in [1.29, 1.82) is 0 Å². The van der Waals surface area contributed by atoms with Gasteiger partial charge in [-0.25, -0.2) is 0 Å². The summed E-state index contributed by atoms with van der Waals surface area (Å²) in [5.74, 6) is 0. The molecule has 23 heavy (non-hydrogen) atoms. The van der Waals surface area contributed by atoms with Crippen LogP contribution in [0, 0.1) is 0 Å². The van der Waals surface area contributed by atoms with Crippen molar-refractivity contribution in [3.63, 3.8) is 0 Å². The van der Waals surface area contributed by atoms with Crippen molar-refractivity contribution in [2.24, 2.45) is 0 Å². The summed E-state index contributed by atoms with van der Waals surface area (Å²) >= 11 is 0. The third kappa shape index (κ3) is 10.9. The van der Waals surface area contributed by atoms with Crippen LogP contribution in [0.4, 0.5) is 22.0 Å². The van der Waals surface area contributed by atoms with Crippen molar-refractivity contribution in [2.75, 3.05) is 6.54 Å². The van der Waals surface area contributed by atoms with E-state index in [1.54, 1.807) is 6.92 Å². The maximum Gasteiger partial charge on any atom is 0.464 e. The van der Waals surface area contributed by atoms with E-state index in [1.165, 1.54) is 19.3 Å². The molecule has 1 nitrogen and oxygen atoms in total. The normalized spacial score (nSPS) is 13.0. The molecule has 0 bridgehead atoms. The number of nitrogens with zero attached hydrogens (tertiary/aromatic N) is 1. The van der Waals surface area contributed by atoms with E-state index in [-0.39, 0.29) is 12.8 Å². The van der Waals surface area contributed by atoms with Crippen LogP contribution in [0.15, 0.2) is 0 Å². The predicted octanol–water partition coefficient (Wildman–Crippen LogP) is 7.12. The lowest BCUT2D eigenvalue weighted by Crippen LogP contribution is -2.50. The predicted molar refractivity (Wildman–Crippen MR) is 84.5 cm³/mol. The maximum absolute atomic E-state index is 13.8. The highest BCUT2D eigenvalue weighted by atomic mass is 19.4. The summed E-state index contributed by atoms with van der Waals surface area (Å²) in [6.45, 7) is 3.20. The fourth-order valence-corrected chi connectivity index (χ4v) is 2.58. The molecule has 0 saturated carbocycles. The van der Waals surface area contributed by atoms with Gasteiger partial charge in [-0.15, -0.1) is 0 Å². The van der Waals surface area contributed by atoms with Gasteiger partial charge in [0.1, 0.15) is 0 Å². The lowest BCUT2D eigenvalue weighted by Gasteiger charge is -2.32. The minimum atomic E-state index is -4.97. The minimum absolute atomic E-state index is 0.118. The molecule has 0 radical (unpaired) electrons. The Morgan fingerprint density at radius 3 is 1.48 bits per heavy atom. The number of hydrogen-bond acceptors (Lipinski definition) is 1. The van der Waals surface area contributed by atoms with Crippen LogP contribution in [-0.2, 0) is 0 Å². The third-order valence-electron chi connectivity index (χ3n) is 4.02. The van der Waals surface area contributed by atoms with Gasteiger partial charge < -0.3 is 0 Å². The van der Waals surface area contributed by atoms with Gasteiger partial charge in [-0.3, -0.25) is 0 Å². The molecule has 0 rings (SSSR count). The van der Waals surface area contributed by atoms with E-state index in [0.717, 1.165) is 25.7 Å². The second kappa shape index (κ2) is 12.0. The van der Waals surface area contributed by atoms with Gasteiger partial charge in [-0.2, -0.15) is 26.9 Å². The van der Waals surface area contributed by atoms with E-state index >= 15 is 0 Å². The van der Waals surface area contributed by atoms with E-state index in [1.807, 2.05) is 0 Å². The highest BCUT2D eigenvalue weighted by Crippen LogP contribution is 2.36. The van der Waals surface area contributed by atoms with Crippen molar-refractivity contribution in [2.45, 2.75) is 103 Å². The Morgan fingerprint density at radius 2 is 1.04 bits per heavy atom. The molecule has 0 N–H and O–H groups in total. The average Bonchev–Trinajstić information content (AvgIpc) is 2.44. The molecule has 0 aromatic heterocycles. The SMILES string of the molecule is CCCCCCCCCCCC(F)(F)N(CCCC)C(F)(F)F. The van der Waals surface area contributed by atoms with E-state index in [4.69, 9.17) is 0 Å². The highest BCUT2D eigenvalue weighted by molar-refractivity contribution is 4.72. The lowest BCUT2D eigenvalue weighted by molar-refractivity contribution is -0.333. The molecule has 140 valence electrons. The fraction of sp³-hybridized carbons (Fsp3) is 1.00. The fourth-order valence-electron chi connectivity index (χ4n) is 2.58. The van der Waals surface area contributed by atoms with Gasteiger partial charge in [0.2, 0.25) is 0 Å². The third-order valence-corrected chi connectivity index (χ3v) is 4.02. The van der Waals surface area contributed by atoms with Gasteiger partial charge in [0, 0.05) is 13.0 Å². The summed E-state index contributed by atoms with van der Waals surface area (Å²) in [4.78, 5) is -0.589. The van der Waals surface area contributed by atoms with E-state index in [0.29, 0.717) is 12.8 Å². The summed E-state index contributed by atoms with van der Waals surface area (Å²) in [6.07, 6.45) is 3.25. The molecule has 0 amide bonds. The average molecular weight is 345 g/mol. The smallest absolute Gasteiger partial charge is 0.188 e. The van der Waals surface area contributed by atoms with Crippen LogP contribution < -0.4 is 0 Å². The Balaban J connectivity index is 3.99. The van der Waals surface area contributed by atoms with Gasteiger partial charge in [-0.05, 0) is 12.8 Å². The van der Waals surface area contributed by atoms with Crippen molar-refractivity contribution in [3.05, 3.63) is 0 Å². The Hall–Kier alpha value is -0.390. The molecule has 0 fully saturated rings. The molecule has 0 aliphatic rings. The van der Waals surface area contributed by atoms with Crippen LogP contribution in [-0.4, -0.2) is 23.8 Å². The number of alkyl halides is 5. The molecule has 0 aromatic rings. The van der Waals surface area contributed by atoms with Crippen LogP contribution in [0.2, 0.25) is 0 Å². The molecule has 0 heterocycles. The zero-order chi connectivity index (χ0) is 17.8.